The van der Waals surface area contributed by atoms with E-state index in [1.54, 1.807) is 19.3 Å². The number of aryl methyl sites for hydroxylation is 1. The van der Waals surface area contributed by atoms with Crippen molar-refractivity contribution in [2.75, 3.05) is 0 Å². The van der Waals surface area contributed by atoms with Gasteiger partial charge in [-0.15, -0.1) is 0 Å². The van der Waals surface area contributed by atoms with E-state index in [0.29, 0.717) is 10.3 Å². The number of halogens is 2. The lowest BCUT2D eigenvalue weighted by Gasteiger charge is -2.02. The number of aromatic amines is 1. The minimum Gasteiger partial charge on any atom is -0.295 e. The van der Waals surface area contributed by atoms with Crippen LogP contribution in [0, 0.1) is 5.82 Å². The Balaban J connectivity index is 2.50. The molecule has 0 unspecified atom stereocenters. The molecule has 0 fully saturated rings. The average Bonchev–Trinajstić information content (AvgIpc) is 2.67. The Morgan fingerprint density at radius 2 is 2.24 bits per heavy atom. The Morgan fingerprint density at radius 1 is 1.53 bits per heavy atom. The molecule has 2 heterocycles. The van der Waals surface area contributed by atoms with Crippen LogP contribution in [0.4, 0.5) is 4.39 Å². The highest BCUT2D eigenvalue weighted by Crippen LogP contribution is 2.03. The first kappa shape index (κ1) is 11.6. The molecule has 2 aromatic heterocycles. The van der Waals surface area contributed by atoms with Gasteiger partial charge in [-0.25, -0.2) is 4.79 Å². The SMILES string of the molecule is Cn1ccc(Cn2c(=O)[nH]c(Cl)c(F)c2=O)n1. The third-order valence-electron chi connectivity index (χ3n) is 2.18. The van der Waals surface area contributed by atoms with Crippen LogP contribution in [-0.4, -0.2) is 19.3 Å². The molecule has 90 valence electrons. The van der Waals surface area contributed by atoms with E-state index in [2.05, 4.69) is 5.10 Å². The lowest BCUT2D eigenvalue weighted by molar-refractivity contribution is 0.553. The van der Waals surface area contributed by atoms with Crippen molar-refractivity contribution in [3.8, 4) is 0 Å². The number of nitrogens with one attached hydrogen (secondary N) is 1. The summed E-state index contributed by atoms with van der Waals surface area (Å²) in [6.45, 7) is -0.108. The highest BCUT2D eigenvalue weighted by molar-refractivity contribution is 6.29. The number of hydrogen-bond donors (Lipinski definition) is 1. The van der Waals surface area contributed by atoms with Crippen molar-refractivity contribution in [2.45, 2.75) is 6.54 Å². The van der Waals surface area contributed by atoms with Gasteiger partial charge in [0.15, 0.2) is 5.15 Å². The highest BCUT2D eigenvalue weighted by Gasteiger charge is 2.13. The fourth-order valence-electron chi connectivity index (χ4n) is 1.37. The van der Waals surface area contributed by atoms with Crippen LogP contribution in [0.5, 0.6) is 0 Å². The maximum Gasteiger partial charge on any atom is 0.330 e. The number of aromatic nitrogens is 4. The summed E-state index contributed by atoms with van der Waals surface area (Å²) in [6.07, 6.45) is 1.65. The molecule has 0 radical (unpaired) electrons. The molecule has 2 rings (SSSR count). The Hall–Kier alpha value is -1.89. The topological polar surface area (TPSA) is 72.7 Å². The predicted octanol–water partition coefficient (Wildman–Crippen LogP) is 0.111. The van der Waals surface area contributed by atoms with Gasteiger partial charge in [-0.3, -0.25) is 19.0 Å². The van der Waals surface area contributed by atoms with Gasteiger partial charge >= 0.3 is 5.69 Å². The van der Waals surface area contributed by atoms with Crippen molar-refractivity contribution in [3.05, 3.63) is 49.8 Å². The van der Waals surface area contributed by atoms with Gasteiger partial charge in [0.2, 0.25) is 5.82 Å². The van der Waals surface area contributed by atoms with Crippen molar-refractivity contribution < 1.29 is 4.39 Å². The van der Waals surface area contributed by atoms with Crippen LogP contribution in [-0.2, 0) is 13.6 Å². The van der Waals surface area contributed by atoms with Gasteiger partial charge in [-0.05, 0) is 6.07 Å². The molecule has 0 aliphatic rings. The minimum atomic E-state index is -1.18. The summed E-state index contributed by atoms with van der Waals surface area (Å²) in [4.78, 5) is 25.0. The predicted molar refractivity (Wildman–Crippen MR) is 58.6 cm³/mol. The van der Waals surface area contributed by atoms with Crippen molar-refractivity contribution in [1.82, 2.24) is 19.3 Å². The molecule has 0 aliphatic carbocycles. The highest BCUT2D eigenvalue weighted by atomic mass is 35.5. The van der Waals surface area contributed by atoms with E-state index in [0.717, 1.165) is 0 Å². The van der Waals surface area contributed by atoms with Crippen molar-refractivity contribution in [1.29, 1.82) is 0 Å². The Kier molecular flexibility index (Phi) is 2.84. The molecule has 6 nitrogen and oxygen atoms in total. The molecule has 0 saturated heterocycles. The maximum atomic E-state index is 13.2. The van der Waals surface area contributed by atoms with E-state index in [1.165, 1.54) is 4.68 Å². The number of rotatable bonds is 2. The van der Waals surface area contributed by atoms with Gasteiger partial charge in [-0.1, -0.05) is 11.6 Å². The molecule has 0 saturated carbocycles. The summed E-state index contributed by atoms with van der Waals surface area (Å²) in [5.41, 5.74) is -1.36. The average molecular weight is 259 g/mol. The molecule has 8 heteroatoms. The number of hydrogen-bond acceptors (Lipinski definition) is 3. The summed E-state index contributed by atoms with van der Waals surface area (Å²) in [5.74, 6) is -1.18. The van der Waals surface area contributed by atoms with E-state index < -0.39 is 22.2 Å². The van der Waals surface area contributed by atoms with Crippen LogP contribution >= 0.6 is 11.6 Å². The van der Waals surface area contributed by atoms with E-state index >= 15 is 0 Å². The second-order valence-electron chi connectivity index (χ2n) is 3.43. The van der Waals surface area contributed by atoms with Gasteiger partial charge < -0.3 is 0 Å². The molecule has 0 aliphatic heterocycles. The standard InChI is InChI=1S/C9H8ClFN4O2/c1-14-3-2-5(13-14)4-15-8(16)6(11)7(10)12-9(15)17/h2-3H,4H2,1H3,(H,12,17). The van der Waals surface area contributed by atoms with Crippen LogP contribution < -0.4 is 11.2 Å². The van der Waals surface area contributed by atoms with Crippen LogP contribution in [0.2, 0.25) is 5.15 Å². The summed E-state index contributed by atoms with van der Waals surface area (Å²) in [7, 11) is 1.69. The van der Waals surface area contributed by atoms with E-state index in [-0.39, 0.29) is 6.54 Å². The second-order valence-corrected chi connectivity index (χ2v) is 3.81. The summed E-state index contributed by atoms with van der Waals surface area (Å²) in [5, 5.41) is 3.40. The van der Waals surface area contributed by atoms with Crippen molar-refractivity contribution >= 4 is 11.6 Å². The Labute approximate surface area is 99.3 Å². The largest absolute Gasteiger partial charge is 0.330 e. The first-order chi connectivity index (χ1) is 7.99. The lowest BCUT2D eigenvalue weighted by atomic mass is 10.4. The fraction of sp³-hybridized carbons (Fsp3) is 0.222. The maximum absolute atomic E-state index is 13.2. The normalized spacial score (nSPS) is 10.8. The molecule has 0 bridgehead atoms. The van der Waals surface area contributed by atoms with Gasteiger partial charge in [0, 0.05) is 13.2 Å². The van der Waals surface area contributed by atoms with Crippen LogP contribution in [0.1, 0.15) is 5.69 Å². The lowest BCUT2D eigenvalue weighted by Crippen LogP contribution is -2.37. The Morgan fingerprint density at radius 3 is 2.82 bits per heavy atom. The summed E-state index contributed by atoms with van der Waals surface area (Å²) < 4.78 is 15.4. The van der Waals surface area contributed by atoms with Crippen LogP contribution in [0.15, 0.2) is 21.9 Å². The summed E-state index contributed by atoms with van der Waals surface area (Å²) >= 11 is 5.33. The molecule has 1 N–H and O–H groups in total. The zero-order chi connectivity index (χ0) is 12.6. The zero-order valence-electron chi connectivity index (χ0n) is 8.78. The van der Waals surface area contributed by atoms with Gasteiger partial charge in [0.1, 0.15) is 0 Å². The molecule has 0 spiro atoms. The molecule has 2 aromatic rings. The number of nitrogens with zero attached hydrogens (tertiary/aromatic N) is 3. The molecular weight excluding hydrogens is 251 g/mol. The quantitative estimate of drug-likeness (QED) is 0.777. The van der Waals surface area contributed by atoms with Gasteiger partial charge in [0.25, 0.3) is 5.56 Å². The van der Waals surface area contributed by atoms with Crippen molar-refractivity contribution in [3.63, 3.8) is 0 Å². The molecular formula is C9H8ClFN4O2. The smallest absolute Gasteiger partial charge is 0.295 e. The molecule has 0 atom stereocenters. The third kappa shape index (κ3) is 2.14. The second kappa shape index (κ2) is 4.17. The van der Waals surface area contributed by atoms with Gasteiger partial charge in [-0.2, -0.15) is 9.49 Å². The first-order valence-electron chi connectivity index (χ1n) is 4.65. The Bertz CT molecular complexity index is 672. The van der Waals surface area contributed by atoms with E-state index in [4.69, 9.17) is 11.6 Å². The molecule has 0 amide bonds. The monoisotopic (exact) mass is 258 g/mol. The third-order valence-corrected chi connectivity index (χ3v) is 2.44. The van der Waals surface area contributed by atoms with Crippen LogP contribution in [0.3, 0.4) is 0 Å². The molecule has 0 aromatic carbocycles. The van der Waals surface area contributed by atoms with Gasteiger partial charge in [0.05, 0.1) is 12.2 Å². The minimum absolute atomic E-state index is 0.108. The zero-order valence-corrected chi connectivity index (χ0v) is 9.53. The molecule has 17 heavy (non-hydrogen) atoms. The van der Waals surface area contributed by atoms with Crippen molar-refractivity contribution in [2.24, 2.45) is 7.05 Å². The van der Waals surface area contributed by atoms with E-state index in [1.807, 2.05) is 4.98 Å². The summed E-state index contributed by atoms with van der Waals surface area (Å²) in [6, 6.07) is 1.62. The fourth-order valence-corrected chi connectivity index (χ4v) is 1.54. The van der Waals surface area contributed by atoms with Crippen LogP contribution in [0.25, 0.3) is 0 Å². The first-order valence-corrected chi connectivity index (χ1v) is 5.03. The van der Waals surface area contributed by atoms with E-state index in [9.17, 15) is 14.0 Å². The number of H-pyrrole nitrogens is 1.